The zero-order valence-electron chi connectivity index (χ0n) is 11.2. The van der Waals surface area contributed by atoms with Crippen molar-refractivity contribution in [1.29, 1.82) is 0 Å². The number of nitrogens with one attached hydrogen (secondary N) is 1. The first-order valence-corrected chi connectivity index (χ1v) is 8.29. The predicted molar refractivity (Wildman–Crippen MR) is 74.5 cm³/mol. The van der Waals surface area contributed by atoms with Crippen LogP contribution in [0.4, 0.5) is 0 Å². The van der Waals surface area contributed by atoms with Crippen molar-refractivity contribution in [3.05, 3.63) is 24.3 Å². The first-order valence-electron chi connectivity index (χ1n) is 6.80. The zero-order chi connectivity index (χ0) is 13.9. The molecule has 1 aliphatic carbocycles. The van der Waals surface area contributed by atoms with Crippen LogP contribution >= 0.6 is 0 Å². The Kier molecular flexibility index (Phi) is 4.47. The second-order valence-electron chi connectivity index (χ2n) is 5.34. The number of aromatic hydroxyl groups is 1. The maximum absolute atomic E-state index is 12.3. The predicted octanol–water partition coefficient (Wildman–Crippen LogP) is 2.64. The molecule has 2 rings (SSSR count). The number of phenolic OH excluding ortho intramolecular Hbond substituents is 1. The molecule has 2 atom stereocenters. The monoisotopic (exact) mass is 283 g/mol. The molecule has 2 unspecified atom stereocenters. The van der Waals surface area contributed by atoms with E-state index < -0.39 is 10.0 Å². The Labute approximate surface area is 114 Å². The lowest BCUT2D eigenvalue weighted by Crippen LogP contribution is -2.38. The second-order valence-corrected chi connectivity index (χ2v) is 7.05. The summed E-state index contributed by atoms with van der Waals surface area (Å²) in [6.07, 6.45) is 5.37. The molecule has 1 saturated carbocycles. The van der Waals surface area contributed by atoms with Gasteiger partial charge in [-0.25, -0.2) is 13.1 Å². The van der Waals surface area contributed by atoms with Gasteiger partial charge in [0.2, 0.25) is 10.0 Å². The van der Waals surface area contributed by atoms with Crippen molar-refractivity contribution in [3.8, 4) is 5.75 Å². The lowest BCUT2D eigenvalue weighted by molar-refractivity contribution is 0.399. The second kappa shape index (κ2) is 5.92. The summed E-state index contributed by atoms with van der Waals surface area (Å²) in [5.74, 6) is 0.325. The molecule has 19 heavy (non-hydrogen) atoms. The van der Waals surface area contributed by atoms with E-state index in [2.05, 4.69) is 11.6 Å². The minimum Gasteiger partial charge on any atom is -0.508 e. The normalized spacial score (nSPS) is 24.9. The number of hydrogen-bond donors (Lipinski definition) is 2. The highest BCUT2D eigenvalue weighted by Crippen LogP contribution is 2.25. The minimum atomic E-state index is -3.54. The number of phenols is 1. The molecule has 0 aliphatic heterocycles. The molecule has 0 heterocycles. The quantitative estimate of drug-likeness (QED) is 0.838. The molecule has 5 heteroatoms. The van der Waals surface area contributed by atoms with Crippen LogP contribution in [0.5, 0.6) is 5.75 Å². The molecule has 0 bridgehead atoms. The molecular weight excluding hydrogens is 262 g/mol. The summed E-state index contributed by atoms with van der Waals surface area (Å²) in [6, 6.07) is 5.79. The van der Waals surface area contributed by atoms with E-state index in [0.717, 1.165) is 19.3 Å². The summed E-state index contributed by atoms with van der Waals surface area (Å²) in [7, 11) is -3.54. The molecule has 2 N–H and O–H groups in total. The molecule has 0 saturated heterocycles. The maximum atomic E-state index is 12.3. The average molecular weight is 283 g/mol. The van der Waals surface area contributed by atoms with E-state index >= 15 is 0 Å². The molecule has 106 valence electrons. The van der Waals surface area contributed by atoms with Crippen LogP contribution in [0.2, 0.25) is 0 Å². The van der Waals surface area contributed by atoms with E-state index in [0.29, 0.717) is 5.92 Å². The van der Waals surface area contributed by atoms with E-state index in [9.17, 15) is 13.5 Å². The third-order valence-electron chi connectivity index (χ3n) is 3.80. The fraction of sp³-hybridized carbons (Fsp3) is 0.571. The first-order chi connectivity index (χ1) is 8.99. The van der Waals surface area contributed by atoms with E-state index in [4.69, 9.17) is 0 Å². The van der Waals surface area contributed by atoms with E-state index in [-0.39, 0.29) is 16.7 Å². The number of benzene rings is 1. The standard InChI is InChI=1S/C14H21NO3S/c1-11-6-3-2-4-9-14(11)15-19(17,18)13-8-5-7-12(16)10-13/h5,7-8,10-11,14-16H,2-4,6,9H2,1H3. The molecule has 1 aromatic carbocycles. The van der Waals surface area contributed by atoms with Gasteiger partial charge in [0.1, 0.15) is 5.75 Å². The van der Waals surface area contributed by atoms with Crippen molar-refractivity contribution in [2.24, 2.45) is 5.92 Å². The van der Waals surface area contributed by atoms with Gasteiger partial charge in [-0.2, -0.15) is 0 Å². The Morgan fingerprint density at radius 2 is 1.95 bits per heavy atom. The lowest BCUT2D eigenvalue weighted by Gasteiger charge is -2.22. The number of hydrogen-bond acceptors (Lipinski definition) is 3. The van der Waals surface area contributed by atoms with Gasteiger partial charge in [-0.15, -0.1) is 0 Å². The van der Waals surface area contributed by atoms with Crippen LogP contribution in [0.1, 0.15) is 39.0 Å². The Bertz CT molecular complexity index is 527. The number of rotatable bonds is 3. The van der Waals surface area contributed by atoms with Gasteiger partial charge < -0.3 is 5.11 Å². The van der Waals surface area contributed by atoms with Crippen molar-refractivity contribution >= 4 is 10.0 Å². The largest absolute Gasteiger partial charge is 0.508 e. The molecular formula is C14H21NO3S. The molecule has 0 amide bonds. The van der Waals surface area contributed by atoms with Gasteiger partial charge in [-0.1, -0.05) is 32.3 Å². The highest BCUT2D eigenvalue weighted by atomic mass is 32.2. The van der Waals surface area contributed by atoms with Crippen LogP contribution in [0.15, 0.2) is 29.2 Å². The highest BCUT2D eigenvalue weighted by Gasteiger charge is 2.25. The van der Waals surface area contributed by atoms with Crippen molar-refractivity contribution in [3.63, 3.8) is 0 Å². The van der Waals surface area contributed by atoms with Crippen molar-refractivity contribution in [2.75, 3.05) is 0 Å². The van der Waals surface area contributed by atoms with Gasteiger partial charge in [-0.3, -0.25) is 0 Å². The third-order valence-corrected chi connectivity index (χ3v) is 5.28. The maximum Gasteiger partial charge on any atom is 0.240 e. The van der Waals surface area contributed by atoms with Gasteiger partial charge in [0.05, 0.1) is 4.90 Å². The lowest BCUT2D eigenvalue weighted by atomic mass is 9.98. The summed E-state index contributed by atoms with van der Waals surface area (Å²) in [6.45, 7) is 2.10. The molecule has 1 fully saturated rings. The average Bonchev–Trinajstić information content (AvgIpc) is 2.55. The van der Waals surface area contributed by atoms with Gasteiger partial charge in [0.15, 0.2) is 0 Å². The van der Waals surface area contributed by atoms with Crippen LogP contribution in [0.3, 0.4) is 0 Å². The van der Waals surface area contributed by atoms with E-state index in [1.807, 2.05) is 0 Å². The fourth-order valence-electron chi connectivity index (χ4n) is 2.59. The Morgan fingerprint density at radius 1 is 1.21 bits per heavy atom. The zero-order valence-corrected chi connectivity index (χ0v) is 12.0. The van der Waals surface area contributed by atoms with E-state index in [1.54, 1.807) is 6.07 Å². The van der Waals surface area contributed by atoms with Crippen LogP contribution in [-0.2, 0) is 10.0 Å². The summed E-state index contributed by atoms with van der Waals surface area (Å²) < 4.78 is 27.4. The molecule has 0 radical (unpaired) electrons. The SMILES string of the molecule is CC1CCCCCC1NS(=O)(=O)c1cccc(O)c1. The van der Waals surface area contributed by atoms with Gasteiger partial charge >= 0.3 is 0 Å². The summed E-state index contributed by atoms with van der Waals surface area (Å²) in [4.78, 5) is 0.129. The smallest absolute Gasteiger partial charge is 0.240 e. The first kappa shape index (κ1) is 14.3. The Balaban J connectivity index is 2.16. The molecule has 4 nitrogen and oxygen atoms in total. The molecule has 1 aliphatic rings. The topological polar surface area (TPSA) is 66.4 Å². The van der Waals surface area contributed by atoms with Gasteiger partial charge in [-0.05, 0) is 37.0 Å². The van der Waals surface area contributed by atoms with E-state index in [1.165, 1.54) is 31.0 Å². The van der Waals surface area contributed by atoms with Crippen molar-refractivity contribution in [2.45, 2.75) is 50.0 Å². The van der Waals surface area contributed by atoms with Crippen LogP contribution < -0.4 is 4.72 Å². The van der Waals surface area contributed by atoms with Crippen molar-refractivity contribution < 1.29 is 13.5 Å². The third kappa shape index (κ3) is 3.70. The fourth-order valence-corrected chi connectivity index (χ4v) is 4.00. The van der Waals surface area contributed by atoms with Crippen molar-refractivity contribution in [1.82, 2.24) is 4.72 Å². The molecule has 0 spiro atoms. The van der Waals surface area contributed by atoms with Crippen LogP contribution in [0, 0.1) is 5.92 Å². The highest BCUT2D eigenvalue weighted by molar-refractivity contribution is 7.89. The molecule has 1 aromatic rings. The minimum absolute atomic E-state index is 0.00477. The summed E-state index contributed by atoms with van der Waals surface area (Å²) >= 11 is 0. The van der Waals surface area contributed by atoms with Gasteiger partial charge in [0.25, 0.3) is 0 Å². The summed E-state index contributed by atoms with van der Waals surface area (Å²) in [5, 5.41) is 9.39. The van der Waals surface area contributed by atoms with Crippen LogP contribution in [-0.4, -0.2) is 19.6 Å². The molecule has 0 aromatic heterocycles. The van der Waals surface area contributed by atoms with Crippen LogP contribution in [0.25, 0.3) is 0 Å². The Hall–Kier alpha value is -1.07. The number of sulfonamides is 1. The summed E-state index contributed by atoms with van der Waals surface area (Å²) in [5.41, 5.74) is 0. The van der Waals surface area contributed by atoms with Gasteiger partial charge in [0, 0.05) is 6.04 Å². The Morgan fingerprint density at radius 3 is 2.68 bits per heavy atom.